The van der Waals surface area contributed by atoms with Crippen molar-refractivity contribution >= 4 is 44.8 Å². The van der Waals surface area contributed by atoms with Gasteiger partial charge >= 0.3 is 12.1 Å². The fraction of sp³-hybridized carbons (Fsp3) is 0.607. The third-order valence-corrected chi connectivity index (χ3v) is 8.00. The van der Waals surface area contributed by atoms with Crippen LogP contribution in [-0.2, 0) is 25.5 Å². The number of aromatic amines is 1. The molecule has 4 rings (SSSR count). The maximum Gasteiger partial charge on any atom is 0.408 e. The van der Waals surface area contributed by atoms with E-state index in [9.17, 15) is 14.4 Å². The Morgan fingerprint density at radius 2 is 1.84 bits per heavy atom. The molecule has 2 amide bonds. The van der Waals surface area contributed by atoms with E-state index in [1.54, 1.807) is 0 Å². The van der Waals surface area contributed by atoms with Crippen LogP contribution in [0, 0.1) is 5.92 Å². The fourth-order valence-corrected chi connectivity index (χ4v) is 6.32. The lowest BCUT2D eigenvalue weighted by Gasteiger charge is -2.36. The van der Waals surface area contributed by atoms with Crippen LogP contribution in [0.2, 0.25) is 0 Å². The Morgan fingerprint density at radius 3 is 2.51 bits per heavy atom. The SMILES string of the molecule is CC(=O)OC1CCN(C(=O)C(NC(=O)OC(C)(C)C)C2CCCCC2)[C@@H]1Cc1c(Br)[nH]c2ccccc12. The number of fused-ring (bicyclic) bond motifs is 1. The highest BCUT2D eigenvalue weighted by atomic mass is 79.9. The number of aromatic nitrogens is 1. The molecule has 9 heteroatoms. The van der Waals surface area contributed by atoms with Crippen LogP contribution >= 0.6 is 15.9 Å². The average molecular weight is 577 g/mol. The van der Waals surface area contributed by atoms with Gasteiger partial charge in [-0.1, -0.05) is 37.5 Å². The number of carbonyl (C=O) groups excluding carboxylic acids is 3. The van der Waals surface area contributed by atoms with Gasteiger partial charge < -0.3 is 24.7 Å². The number of benzene rings is 1. The van der Waals surface area contributed by atoms with Crippen molar-refractivity contribution < 1.29 is 23.9 Å². The van der Waals surface area contributed by atoms with Gasteiger partial charge in [0, 0.05) is 30.8 Å². The van der Waals surface area contributed by atoms with Gasteiger partial charge in [-0.3, -0.25) is 9.59 Å². The summed E-state index contributed by atoms with van der Waals surface area (Å²) in [7, 11) is 0. The number of esters is 1. The van der Waals surface area contributed by atoms with Crippen molar-refractivity contribution in [3.8, 4) is 0 Å². The second-order valence-corrected chi connectivity index (χ2v) is 12.0. The number of para-hydroxylation sites is 1. The van der Waals surface area contributed by atoms with Crippen LogP contribution in [0.1, 0.15) is 71.8 Å². The monoisotopic (exact) mass is 575 g/mol. The number of ether oxygens (including phenoxy) is 2. The molecule has 8 nitrogen and oxygen atoms in total. The molecule has 0 spiro atoms. The summed E-state index contributed by atoms with van der Waals surface area (Å²) >= 11 is 3.66. The van der Waals surface area contributed by atoms with Crippen molar-refractivity contribution in [1.29, 1.82) is 0 Å². The number of H-pyrrole nitrogens is 1. The lowest BCUT2D eigenvalue weighted by Crippen LogP contribution is -2.55. The van der Waals surface area contributed by atoms with Crippen LogP contribution in [0.25, 0.3) is 10.9 Å². The number of nitrogens with one attached hydrogen (secondary N) is 2. The van der Waals surface area contributed by atoms with Crippen LogP contribution in [-0.4, -0.2) is 58.2 Å². The van der Waals surface area contributed by atoms with Crippen LogP contribution in [0.3, 0.4) is 0 Å². The van der Waals surface area contributed by atoms with Crippen molar-refractivity contribution in [1.82, 2.24) is 15.2 Å². The maximum absolute atomic E-state index is 14.2. The summed E-state index contributed by atoms with van der Waals surface area (Å²) in [5, 5.41) is 3.98. The van der Waals surface area contributed by atoms with Crippen molar-refractivity contribution in [2.75, 3.05) is 6.54 Å². The number of nitrogens with zero attached hydrogens (tertiary/aromatic N) is 1. The predicted octanol–water partition coefficient (Wildman–Crippen LogP) is 5.48. The molecular weight excluding hydrogens is 538 g/mol. The molecule has 1 aromatic heterocycles. The molecule has 37 heavy (non-hydrogen) atoms. The predicted molar refractivity (Wildman–Crippen MR) is 145 cm³/mol. The van der Waals surface area contributed by atoms with E-state index < -0.39 is 23.8 Å². The zero-order valence-electron chi connectivity index (χ0n) is 22.1. The first-order chi connectivity index (χ1) is 17.5. The number of carbonyl (C=O) groups is 3. The Hall–Kier alpha value is -2.55. The van der Waals surface area contributed by atoms with E-state index in [0.29, 0.717) is 19.4 Å². The highest BCUT2D eigenvalue weighted by Crippen LogP contribution is 2.34. The van der Waals surface area contributed by atoms with Crippen LogP contribution < -0.4 is 5.32 Å². The minimum atomic E-state index is -0.680. The highest BCUT2D eigenvalue weighted by molar-refractivity contribution is 9.10. The summed E-state index contributed by atoms with van der Waals surface area (Å²) in [6, 6.07) is 6.98. The summed E-state index contributed by atoms with van der Waals surface area (Å²) in [4.78, 5) is 44.1. The van der Waals surface area contributed by atoms with Gasteiger partial charge in [-0.05, 0) is 73.5 Å². The van der Waals surface area contributed by atoms with Gasteiger partial charge in [-0.25, -0.2) is 4.79 Å². The highest BCUT2D eigenvalue weighted by Gasteiger charge is 2.44. The van der Waals surface area contributed by atoms with Gasteiger partial charge in [0.15, 0.2) is 0 Å². The van der Waals surface area contributed by atoms with Gasteiger partial charge in [0.1, 0.15) is 17.7 Å². The van der Waals surface area contributed by atoms with E-state index in [-0.39, 0.29) is 23.8 Å². The van der Waals surface area contributed by atoms with Crippen LogP contribution in [0.4, 0.5) is 4.79 Å². The second-order valence-electron chi connectivity index (χ2n) is 11.2. The number of halogens is 1. The third-order valence-electron chi connectivity index (χ3n) is 7.32. The number of alkyl carbamates (subject to hydrolysis) is 1. The fourth-order valence-electron chi connectivity index (χ4n) is 5.73. The normalized spacial score (nSPS) is 21.6. The number of rotatable bonds is 6. The standard InChI is InChI=1S/C28H38BrN3O5/c1-17(33)36-23-14-15-32(22(23)16-20-19-12-8-9-13-21(19)30-25(20)29)26(34)24(18-10-6-5-7-11-18)31-27(35)37-28(2,3)4/h8-9,12-13,18,22-24,30H,5-7,10-11,14-16H2,1-4H3,(H,31,35)/t22-,23?,24?/m1/s1. The molecule has 0 bridgehead atoms. The zero-order valence-corrected chi connectivity index (χ0v) is 23.7. The smallest absolute Gasteiger partial charge is 0.408 e. The van der Waals surface area contributed by atoms with Crippen molar-refractivity contribution in [2.45, 2.75) is 96.4 Å². The Labute approximate surface area is 226 Å². The third kappa shape index (κ3) is 6.67. The quantitative estimate of drug-likeness (QED) is 0.444. The molecule has 1 aliphatic carbocycles. The Kier molecular flexibility index (Phi) is 8.51. The van der Waals surface area contributed by atoms with Crippen LogP contribution in [0.15, 0.2) is 28.9 Å². The Bertz CT molecular complexity index is 1130. The van der Waals surface area contributed by atoms with Gasteiger partial charge in [0.2, 0.25) is 5.91 Å². The first-order valence-corrected chi connectivity index (χ1v) is 14.0. The molecule has 2 aliphatic rings. The molecule has 2 N–H and O–H groups in total. The lowest BCUT2D eigenvalue weighted by atomic mass is 9.83. The molecule has 2 fully saturated rings. The van der Waals surface area contributed by atoms with E-state index in [1.807, 2.05) is 49.9 Å². The average Bonchev–Trinajstić information content (AvgIpc) is 3.36. The number of hydrogen-bond acceptors (Lipinski definition) is 5. The second kappa shape index (κ2) is 11.5. The summed E-state index contributed by atoms with van der Waals surface area (Å²) in [6.07, 6.45) is 5.03. The number of hydrogen-bond donors (Lipinski definition) is 2. The molecule has 2 unspecified atom stereocenters. The zero-order chi connectivity index (χ0) is 26.7. The topological polar surface area (TPSA) is 101 Å². The van der Waals surface area contributed by atoms with Crippen molar-refractivity contribution in [3.63, 3.8) is 0 Å². The lowest BCUT2D eigenvalue weighted by molar-refractivity contribution is -0.149. The van der Waals surface area contributed by atoms with E-state index in [1.165, 1.54) is 6.92 Å². The van der Waals surface area contributed by atoms with Gasteiger partial charge in [0.05, 0.1) is 10.6 Å². The van der Waals surface area contributed by atoms with E-state index in [2.05, 4.69) is 26.2 Å². The van der Waals surface area contributed by atoms with Gasteiger partial charge in [-0.15, -0.1) is 0 Å². The molecule has 202 valence electrons. The summed E-state index contributed by atoms with van der Waals surface area (Å²) < 4.78 is 12.1. The molecule has 1 saturated carbocycles. The first kappa shape index (κ1) is 27.5. The maximum atomic E-state index is 14.2. The van der Waals surface area contributed by atoms with E-state index in [4.69, 9.17) is 9.47 Å². The molecule has 0 radical (unpaired) electrons. The van der Waals surface area contributed by atoms with Crippen LogP contribution in [0.5, 0.6) is 0 Å². The Morgan fingerprint density at radius 1 is 1.14 bits per heavy atom. The molecular formula is C28H38BrN3O5. The largest absolute Gasteiger partial charge is 0.460 e. The summed E-state index contributed by atoms with van der Waals surface area (Å²) in [6.45, 7) is 7.29. The molecule has 1 aliphatic heterocycles. The molecule has 2 heterocycles. The molecule has 2 aromatic rings. The van der Waals surface area contributed by atoms with Crippen molar-refractivity contribution in [3.05, 3.63) is 34.4 Å². The number of likely N-dealkylation sites (tertiary alicyclic amines) is 1. The van der Waals surface area contributed by atoms with Crippen molar-refractivity contribution in [2.24, 2.45) is 5.92 Å². The minimum Gasteiger partial charge on any atom is -0.460 e. The van der Waals surface area contributed by atoms with E-state index in [0.717, 1.165) is 53.2 Å². The minimum absolute atomic E-state index is 0.0435. The molecule has 1 aromatic carbocycles. The molecule has 1 saturated heterocycles. The summed E-state index contributed by atoms with van der Waals surface area (Å²) in [5.41, 5.74) is 1.37. The Balaban J connectivity index is 1.63. The van der Waals surface area contributed by atoms with E-state index >= 15 is 0 Å². The molecule has 3 atom stereocenters. The summed E-state index contributed by atoms with van der Waals surface area (Å²) in [5.74, 6) is -0.451. The van der Waals surface area contributed by atoms with Gasteiger partial charge in [0.25, 0.3) is 0 Å². The first-order valence-electron chi connectivity index (χ1n) is 13.3. The number of amides is 2. The van der Waals surface area contributed by atoms with Gasteiger partial charge in [-0.2, -0.15) is 0 Å².